The number of nitrogens with two attached hydrogens (primary N) is 1. The van der Waals surface area contributed by atoms with Crippen molar-refractivity contribution in [1.82, 2.24) is 14.7 Å². The van der Waals surface area contributed by atoms with Gasteiger partial charge in [-0.2, -0.15) is 5.10 Å². The summed E-state index contributed by atoms with van der Waals surface area (Å²) in [6, 6.07) is 1.67. The summed E-state index contributed by atoms with van der Waals surface area (Å²) in [5.41, 5.74) is 5.88. The van der Waals surface area contributed by atoms with Crippen molar-refractivity contribution >= 4 is 23.1 Å². The maximum Gasteiger partial charge on any atom is 0.274 e. The molecule has 88 valence electrons. The normalized spacial score (nSPS) is 12.2. The van der Waals surface area contributed by atoms with Gasteiger partial charge < -0.3 is 10.6 Å². The molecule has 0 saturated heterocycles. The maximum atomic E-state index is 11.9. The standard InChI is InChI=1S/C10H16N4OS/c1-7(6-9(11)16)14(3)10(15)8-4-5-13(2)12-8/h4-5,7H,6H2,1-3H3,(H2,11,16). The number of aromatic nitrogens is 2. The van der Waals surface area contributed by atoms with E-state index in [-0.39, 0.29) is 11.9 Å². The SMILES string of the molecule is CC(CC(N)=S)N(C)C(=O)c1ccn(C)n1. The van der Waals surface area contributed by atoms with Crippen LogP contribution in [-0.4, -0.2) is 38.7 Å². The Hall–Kier alpha value is -1.43. The van der Waals surface area contributed by atoms with E-state index < -0.39 is 0 Å². The molecule has 6 heteroatoms. The number of carbonyl (C=O) groups is 1. The van der Waals surface area contributed by atoms with E-state index >= 15 is 0 Å². The lowest BCUT2D eigenvalue weighted by Gasteiger charge is -2.23. The molecule has 1 amide bonds. The average Bonchev–Trinajstić information content (AvgIpc) is 2.61. The lowest BCUT2D eigenvalue weighted by atomic mass is 10.2. The second-order valence-corrected chi connectivity index (χ2v) is 4.33. The third-order valence-corrected chi connectivity index (χ3v) is 2.58. The molecule has 0 aliphatic rings. The number of nitrogens with zero attached hydrogens (tertiary/aromatic N) is 3. The highest BCUT2D eigenvalue weighted by atomic mass is 32.1. The summed E-state index contributed by atoms with van der Waals surface area (Å²) in [6.45, 7) is 1.90. The fraction of sp³-hybridized carbons (Fsp3) is 0.500. The quantitative estimate of drug-likeness (QED) is 0.781. The van der Waals surface area contributed by atoms with Gasteiger partial charge in [-0.05, 0) is 13.0 Å². The van der Waals surface area contributed by atoms with E-state index in [1.807, 2.05) is 6.92 Å². The Bertz CT molecular complexity index is 401. The average molecular weight is 240 g/mol. The lowest BCUT2D eigenvalue weighted by molar-refractivity contribution is 0.0741. The lowest BCUT2D eigenvalue weighted by Crippen LogP contribution is -2.37. The van der Waals surface area contributed by atoms with Crippen LogP contribution in [0.25, 0.3) is 0 Å². The second-order valence-electron chi connectivity index (χ2n) is 3.81. The summed E-state index contributed by atoms with van der Waals surface area (Å²) in [4.78, 5) is 14.0. The van der Waals surface area contributed by atoms with Crippen LogP contribution in [0.2, 0.25) is 0 Å². The molecule has 5 nitrogen and oxygen atoms in total. The molecule has 0 bridgehead atoms. The molecule has 1 aromatic heterocycles. The van der Waals surface area contributed by atoms with Crippen molar-refractivity contribution in [2.75, 3.05) is 7.05 Å². The van der Waals surface area contributed by atoms with E-state index in [0.29, 0.717) is 17.1 Å². The summed E-state index contributed by atoms with van der Waals surface area (Å²) in [7, 11) is 3.50. The Morgan fingerprint density at radius 2 is 2.38 bits per heavy atom. The molecule has 0 aliphatic heterocycles. The van der Waals surface area contributed by atoms with Gasteiger partial charge in [0.05, 0.1) is 4.99 Å². The first-order valence-corrected chi connectivity index (χ1v) is 5.37. The third kappa shape index (κ3) is 3.03. The van der Waals surface area contributed by atoms with E-state index in [9.17, 15) is 4.79 Å². The second kappa shape index (κ2) is 5.07. The third-order valence-electron chi connectivity index (χ3n) is 2.41. The van der Waals surface area contributed by atoms with Crippen LogP contribution in [0.4, 0.5) is 0 Å². The molecule has 1 rings (SSSR count). The van der Waals surface area contributed by atoms with Gasteiger partial charge in [0.15, 0.2) is 0 Å². The number of hydrogen-bond donors (Lipinski definition) is 1. The first-order chi connectivity index (χ1) is 7.41. The van der Waals surface area contributed by atoms with Gasteiger partial charge in [0.2, 0.25) is 0 Å². The summed E-state index contributed by atoms with van der Waals surface area (Å²) < 4.78 is 1.60. The fourth-order valence-electron chi connectivity index (χ4n) is 1.34. The number of aryl methyl sites for hydroxylation is 1. The Balaban J connectivity index is 2.70. The van der Waals surface area contributed by atoms with E-state index in [2.05, 4.69) is 5.10 Å². The van der Waals surface area contributed by atoms with Crippen molar-refractivity contribution < 1.29 is 4.79 Å². The van der Waals surface area contributed by atoms with Gasteiger partial charge >= 0.3 is 0 Å². The largest absolute Gasteiger partial charge is 0.393 e. The van der Waals surface area contributed by atoms with Crippen LogP contribution < -0.4 is 5.73 Å². The zero-order valence-corrected chi connectivity index (χ0v) is 10.5. The first-order valence-electron chi connectivity index (χ1n) is 4.97. The van der Waals surface area contributed by atoms with E-state index in [1.165, 1.54) is 0 Å². The van der Waals surface area contributed by atoms with Crippen LogP contribution in [-0.2, 0) is 7.05 Å². The number of carbonyl (C=O) groups excluding carboxylic acids is 1. The van der Waals surface area contributed by atoms with Crippen molar-refractivity contribution in [2.24, 2.45) is 12.8 Å². The molecule has 1 atom stereocenters. The zero-order valence-electron chi connectivity index (χ0n) is 9.67. The molecule has 1 heterocycles. The van der Waals surface area contributed by atoms with Crippen LogP contribution >= 0.6 is 12.2 Å². The zero-order chi connectivity index (χ0) is 12.3. The van der Waals surface area contributed by atoms with Gasteiger partial charge in [-0.3, -0.25) is 9.48 Å². The Kier molecular flexibility index (Phi) is 4.00. The van der Waals surface area contributed by atoms with Gasteiger partial charge in [0.1, 0.15) is 5.69 Å². The Labute approximate surface area is 100 Å². The molecule has 0 spiro atoms. The van der Waals surface area contributed by atoms with Crippen LogP contribution in [0.15, 0.2) is 12.3 Å². The van der Waals surface area contributed by atoms with Crippen molar-refractivity contribution in [1.29, 1.82) is 0 Å². The predicted molar refractivity (Wildman–Crippen MR) is 66.2 cm³/mol. The van der Waals surface area contributed by atoms with Gasteiger partial charge in [-0.25, -0.2) is 0 Å². The topological polar surface area (TPSA) is 64.2 Å². The Morgan fingerprint density at radius 1 is 1.75 bits per heavy atom. The molecule has 0 saturated carbocycles. The molecular weight excluding hydrogens is 224 g/mol. The minimum absolute atomic E-state index is 0.0213. The van der Waals surface area contributed by atoms with Gasteiger partial charge in [-0.1, -0.05) is 12.2 Å². The van der Waals surface area contributed by atoms with Crippen LogP contribution in [0.1, 0.15) is 23.8 Å². The van der Waals surface area contributed by atoms with Gasteiger partial charge in [-0.15, -0.1) is 0 Å². The summed E-state index contributed by atoms with van der Waals surface area (Å²) in [6.07, 6.45) is 2.25. The highest BCUT2D eigenvalue weighted by molar-refractivity contribution is 7.80. The van der Waals surface area contributed by atoms with Crippen molar-refractivity contribution in [3.05, 3.63) is 18.0 Å². The minimum atomic E-state index is -0.121. The highest BCUT2D eigenvalue weighted by Gasteiger charge is 2.19. The molecule has 0 aliphatic carbocycles. The number of hydrogen-bond acceptors (Lipinski definition) is 3. The molecule has 0 aromatic carbocycles. The number of rotatable bonds is 4. The predicted octanol–water partition coefficient (Wildman–Crippen LogP) is 0.557. The smallest absolute Gasteiger partial charge is 0.274 e. The van der Waals surface area contributed by atoms with Crippen molar-refractivity contribution in [2.45, 2.75) is 19.4 Å². The molecule has 0 fully saturated rings. The first kappa shape index (κ1) is 12.6. The van der Waals surface area contributed by atoms with Crippen LogP contribution in [0.3, 0.4) is 0 Å². The van der Waals surface area contributed by atoms with E-state index in [0.717, 1.165) is 0 Å². The number of amides is 1. The molecule has 16 heavy (non-hydrogen) atoms. The monoisotopic (exact) mass is 240 g/mol. The van der Waals surface area contributed by atoms with Crippen molar-refractivity contribution in [3.8, 4) is 0 Å². The molecular formula is C10H16N4OS. The summed E-state index contributed by atoms with van der Waals surface area (Å²) in [5.74, 6) is -0.121. The van der Waals surface area contributed by atoms with Gasteiger partial charge in [0.25, 0.3) is 5.91 Å². The molecule has 1 unspecified atom stereocenters. The summed E-state index contributed by atoms with van der Waals surface area (Å²) in [5, 5.41) is 4.05. The molecule has 1 aromatic rings. The minimum Gasteiger partial charge on any atom is -0.393 e. The van der Waals surface area contributed by atoms with E-state index in [1.54, 1.807) is 35.9 Å². The maximum absolute atomic E-state index is 11.9. The highest BCUT2D eigenvalue weighted by Crippen LogP contribution is 2.07. The van der Waals surface area contributed by atoms with Crippen molar-refractivity contribution in [3.63, 3.8) is 0 Å². The summed E-state index contributed by atoms with van der Waals surface area (Å²) >= 11 is 4.82. The molecule has 2 N–H and O–H groups in total. The van der Waals surface area contributed by atoms with E-state index in [4.69, 9.17) is 18.0 Å². The van der Waals surface area contributed by atoms with Gasteiger partial charge in [0, 0.05) is 32.8 Å². The van der Waals surface area contributed by atoms with Crippen LogP contribution in [0.5, 0.6) is 0 Å². The molecule has 0 radical (unpaired) electrons. The van der Waals surface area contributed by atoms with Crippen LogP contribution in [0, 0.1) is 0 Å². The number of thiocarbonyl (C=S) groups is 1. The fourth-order valence-corrected chi connectivity index (χ4v) is 1.58. The Morgan fingerprint density at radius 3 is 2.81 bits per heavy atom.